The third kappa shape index (κ3) is 13.1. The fourth-order valence-electron chi connectivity index (χ4n) is 6.64. The average Bonchev–Trinajstić information content (AvgIpc) is 3.66. The molecule has 306 valence electrons. The van der Waals surface area contributed by atoms with Crippen molar-refractivity contribution in [1.29, 1.82) is 0 Å². The van der Waals surface area contributed by atoms with E-state index >= 15 is 0 Å². The van der Waals surface area contributed by atoms with Crippen LogP contribution in [-0.4, -0.2) is 3.21 Å². The van der Waals surface area contributed by atoms with Crippen LogP contribution in [-0.2, 0) is 53.8 Å². The predicted molar refractivity (Wildman–Crippen MR) is 211 cm³/mol. The van der Waals surface area contributed by atoms with Gasteiger partial charge in [-0.2, -0.15) is 35.4 Å². The summed E-state index contributed by atoms with van der Waals surface area (Å²) in [5.74, 6) is 0.522. The van der Waals surface area contributed by atoms with E-state index in [-0.39, 0.29) is 46.8 Å². The maximum atomic E-state index is 12.7. The Kier molecular flexibility index (Phi) is 16.9. The molecular formula is C48H52Cl2F6Zr-2. The Morgan fingerprint density at radius 2 is 1.16 bits per heavy atom. The molecule has 0 spiro atoms. The third-order valence-electron chi connectivity index (χ3n) is 9.73. The maximum absolute atomic E-state index is 12.7. The van der Waals surface area contributed by atoms with Gasteiger partial charge in [0, 0.05) is 0 Å². The summed E-state index contributed by atoms with van der Waals surface area (Å²) in [6.45, 7) is 24.8. The molecule has 9 heteroatoms. The molecule has 1 unspecified atom stereocenters. The van der Waals surface area contributed by atoms with E-state index in [1.807, 2.05) is 0 Å². The first-order chi connectivity index (χ1) is 25.2. The van der Waals surface area contributed by atoms with Crippen LogP contribution in [0.3, 0.4) is 0 Å². The van der Waals surface area contributed by atoms with E-state index in [9.17, 15) is 26.3 Å². The normalized spacial score (nSPS) is 15.0. The van der Waals surface area contributed by atoms with Crippen molar-refractivity contribution in [2.75, 3.05) is 0 Å². The largest absolute Gasteiger partial charge is 1.00 e. The summed E-state index contributed by atoms with van der Waals surface area (Å²) < 4.78 is 76.7. The molecule has 1 atom stereocenters. The van der Waals surface area contributed by atoms with Crippen LogP contribution in [0.5, 0.6) is 0 Å². The zero-order valence-electron chi connectivity index (χ0n) is 34.6. The number of hydrogen-bond acceptors (Lipinski definition) is 0. The second-order valence-electron chi connectivity index (χ2n) is 17.4. The van der Waals surface area contributed by atoms with Crippen molar-refractivity contribution in [3.05, 3.63) is 153 Å². The van der Waals surface area contributed by atoms with Crippen LogP contribution in [0.15, 0.2) is 96.1 Å². The number of halogens is 8. The minimum absolute atomic E-state index is 0. The van der Waals surface area contributed by atoms with Crippen molar-refractivity contribution in [3.63, 3.8) is 0 Å². The number of allylic oxidation sites excluding steroid dienone is 4. The summed E-state index contributed by atoms with van der Waals surface area (Å²) in [6, 6.07) is 24.3. The molecule has 0 aromatic heterocycles. The van der Waals surface area contributed by atoms with Gasteiger partial charge in [0.25, 0.3) is 0 Å². The summed E-state index contributed by atoms with van der Waals surface area (Å²) >= 11 is 0.729. The summed E-state index contributed by atoms with van der Waals surface area (Å²) in [6.07, 6.45) is -0.997. The Morgan fingerprint density at radius 3 is 1.58 bits per heavy atom. The fraction of sp³-hybridized carbons (Fsp3) is 0.396. The van der Waals surface area contributed by atoms with Crippen LogP contribution in [0.25, 0.3) is 11.1 Å². The maximum Gasteiger partial charge on any atom is -1.00 e. The van der Waals surface area contributed by atoms with E-state index < -0.39 is 23.5 Å². The predicted octanol–water partition coefficient (Wildman–Crippen LogP) is 8.25. The summed E-state index contributed by atoms with van der Waals surface area (Å²) in [4.78, 5) is 0. The van der Waals surface area contributed by atoms with Crippen molar-refractivity contribution in [3.8, 4) is 11.1 Å². The Balaban J connectivity index is 0.000000302. The van der Waals surface area contributed by atoms with E-state index in [1.54, 1.807) is 0 Å². The molecule has 2 aliphatic rings. The fourth-order valence-corrected chi connectivity index (χ4v) is 7.40. The van der Waals surface area contributed by atoms with Gasteiger partial charge in [-0.1, -0.05) is 118 Å². The zero-order valence-corrected chi connectivity index (χ0v) is 38.6. The van der Waals surface area contributed by atoms with Crippen LogP contribution in [0.2, 0.25) is 0 Å². The molecule has 0 saturated carbocycles. The molecule has 0 radical (unpaired) electrons. The van der Waals surface area contributed by atoms with Crippen LogP contribution in [0, 0.1) is 23.5 Å². The van der Waals surface area contributed by atoms with E-state index in [4.69, 9.17) is 0 Å². The van der Waals surface area contributed by atoms with Crippen LogP contribution in [0.4, 0.5) is 26.3 Å². The molecule has 0 heterocycles. The molecule has 4 aromatic rings. The van der Waals surface area contributed by atoms with Crippen molar-refractivity contribution >= 4 is 3.21 Å². The summed E-state index contributed by atoms with van der Waals surface area (Å²) in [5.41, 5.74) is 10.8. The minimum Gasteiger partial charge on any atom is -1.00 e. The average molecular weight is 905 g/mol. The SMILES string of the molecule is CC(C)(C)c1[c-]c2c(cc1)-c1ccc(C(C)(C)C)cc1C2.CCC1=[C-]C(C)C=C1C(C)(C)C.FC(F)(F)c1cccc([C](=[Zr+2])c2cccc(C(F)(F)F)c2)c1.[Cl-].[Cl-]. The van der Waals surface area contributed by atoms with Gasteiger partial charge in [0.2, 0.25) is 0 Å². The van der Waals surface area contributed by atoms with Crippen molar-refractivity contribution in [2.24, 2.45) is 11.3 Å². The molecular weight excluding hydrogens is 853 g/mol. The number of rotatable bonds is 3. The minimum atomic E-state index is -4.49. The number of hydrogen-bond donors (Lipinski definition) is 0. The Labute approximate surface area is 363 Å². The third-order valence-corrected chi connectivity index (χ3v) is 11.1. The molecule has 2 aliphatic carbocycles. The van der Waals surface area contributed by atoms with Gasteiger partial charge in [0.15, 0.2) is 0 Å². The second-order valence-corrected chi connectivity index (χ2v) is 18.7. The van der Waals surface area contributed by atoms with Gasteiger partial charge in [-0.25, -0.2) is 5.57 Å². The van der Waals surface area contributed by atoms with Gasteiger partial charge in [0.1, 0.15) is 0 Å². The van der Waals surface area contributed by atoms with Gasteiger partial charge in [-0.05, 0) is 28.4 Å². The quantitative estimate of drug-likeness (QED) is 0.127. The van der Waals surface area contributed by atoms with Gasteiger partial charge >= 0.3 is 137 Å². The molecule has 6 rings (SSSR count). The van der Waals surface area contributed by atoms with Crippen LogP contribution >= 0.6 is 0 Å². The molecule has 0 saturated heterocycles. The molecule has 0 fully saturated rings. The smallest absolute Gasteiger partial charge is 1.00 e. The molecule has 0 aliphatic heterocycles. The molecule has 57 heavy (non-hydrogen) atoms. The van der Waals surface area contributed by atoms with E-state index in [0.29, 0.717) is 14.5 Å². The first-order valence-corrected chi connectivity index (χ1v) is 19.9. The Bertz CT molecular complexity index is 1960. The Morgan fingerprint density at radius 1 is 0.649 bits per heavy atom. The van der Waals surface area contributed by atoms with Crippen LogP contribution in [0.1, 0.15) is 127 Å². The number of fused-ring (bicyclic) bond motifs is 3. The molecule has 0 nitrogen and oxygen atoms in total. The van der Waals surface area contributed by atoms with E-state index in [0.717, 1.165) is 61.3 Å². The number of alkyl halides is 6. The first kappa shape index (κ1) is 50.4. The zero-order chi connectivity index (χ0) is 41.3. The molecule has 0 N–H and O–H groups in total. The molecule has 0 amide bonds. The summed E-state index contributed by atoms with van der Waals surface area (Å²) in [7, 11) is 0. The topological polar surface area (TPSA) is 0 Å². The first-order valence-electron chi connectivity index (χ1n) is 18.7. The van der Waals surface area contributed by atoms with Gasteiger partial charge in [-0.3, -0.25) is 6.08 Å². The molecule has 0 bridgehead atoms. The van der Waals surface area contributed by atoms with Gasteiger partial charge in [0.05, 0.1) is 0 Å². The van der Waals surface area contributed by atoms with Crippen LogP contribution < -0.4 is 24.8 Å². The monoisotopic (exact) mass is 902 g/mol. The van der Waals surface area contributed by atoms with Crippen molar-refractivity contribution in [1.82, 2.24) is 0 Å². The van der Waals surface area contributed by atoms with Crippen molar-refractivity contribution in [2.45, 2.75) is 112 Å². The van der Waals surface area contributed by atoms with E-state index in [2.05, 4.69) is 125 Å². The van der Waals surface area contributed by atoms with Crippen molar-refractivity contribution < 1.29 is 75.4 Å². The van der Waals surface area contributed by atoms with Gasteiger partial charge < -0.3 is 24.8 Å². The second kappa shape index (κ2) is 19.1. The van der Waals surface area contributed by atoms with E-state index in [1.165, 1.54) is 68.8 Å². The summed E-state index contributed by atoms with van der Waals surface area (Å²) in [5, 5.41) is 0. The Hall–Kier alpha value is -2.73. The van der Waals surface area contributed by atoms with Gasteiger partial charge in [-0.15, -0.1) is 11.1 Å². The number of benzene rings is 4. The standard InChI is InChI=1S/C21H25.C15H8F6.C12H19.2ClH.Zr/c1-20(2,3)16-7-9-18-14(12-16)11-15-13-17(21(4,5)6)8-10-19(15)18;16-14(17,18)12-5-1-3-10(8-12)7-11-4-2-6-13(9-11)15(19,20)21;1-6-10-7-9(2)8-11(10)12(3,4)5;;;/h7-10,12H,11H2,1-6H3;1-6,8-9H;8-9H,6H2,1-5H3;2*1H;/q-1;;-1;;;+2/p-2. The molecule has 4 aromatic carbocycles.